The standard InChI is InChI=1S/C18H19FN2O3S/c1-25(23,24)17-6-4-5-13(9-17)18(22)20-15-10-14(19)11-16(12-15)21-7-2-3-8-21/h4-6,9-12H,2-3,7-8H2,1H3,(H,20,22). The van der Waals surface area contributed by atoms with Gasteiger partial charge < -0.3 is 10.2 Å². The van der Waals surface area contributed by atoms with Gasteiger partial charge in [-0.3, -0.25) is 4.79 Å². The SMILES string of the molecule is CS(=O)(=O)c1cccc(C(=O)Nc2cc(F)cc(N3CCCC3)c2)c1. The number of halogens is 1. The highest BCUT2D eigenvalue weighted by Gasteiger charge is 2.16. The molecule has 1 saturated heterocycles. The van der Waals surface area contributed by atoms with E-state index >= 15 is 0 Å². The second-order valence-electron chi connectivity index (χ2n) is 6.15. The van der Waals surface area contributed by atoms with Gasteiger partial charge >= 0.3 is 0 Å². The molecule has 2 aromatic rings. The van der Waals surface area contributed by atoms with Gasteiger partial charge in [-0.05, 0) is 49.2 Å². The molecule has 5 nitrogen and oxygen atoms in total. The summed E-state index contributed by atoms with van der Waals surface area (Å²) in [6, 6.07) is 10.2. The van der Waals surface area contributed by atoms with E-state index in [4.69, 9.17) is 0 Å². The Morgan fingerprint density at radius 1 is 1.12 bits per heavy atom. The number of nitrogens with one attached hydrogen (secondary N) is 1. The van der Waals surface area contributed by atoms with E-state index in [0.29, 0.717) is 5.69 Å². The summed E-state index contributed by atoms with van der Waals surface area (Å²) in [5.74, 6) is -0.909. The summed E-state index contributed by atoms with van der Waals surface area (Å²) in [5.41, 5.74) is 1.28. The van der Waals surface area contributed by atoms with Crippen LogP contribution in [0.3, 0.4) is 0 Å². The Hall–Kier alpha value is -2.41. The van der Waals surface area contributed by atoms with Crippen molar-refractivity contribution >= 4 is 27.1 Å². The number of sulfone groups is 1. The third-order valence-corrected chi connectivity index (χ3v) is 5.25. The molecule has 1 aliphatic rings. The lowest BCUT2D eigenvalue weighted by atomic mass is 10.2. The van der Waals surface area contributed by atoms with E-state index < -0.39 is 21.6 Å². The van der Waals surface area contributed by atoms with Crippen molar-refractivity contribution in [1.82, 2.24) is 0 Å². The third kappa shape index (κ3) is 4.17. The lowest BCUT2D eigenvalue weighted by Crippen LogP contribution is -2.18. The van der Waals surface area contributed by atoms with Crippen LogP contribution in [-0.4, -0.2) is 33.7 Å². The van der Waals surface area contributed by atoms with Crippen LogP contribution < -0.4 is 10.2 Å². The minimum atomic E-state index is -3.40. The normalized spacial score (nSPS) is 14.6. The fourth-order valence-corrected chi connectivity index (χ4v) is 3.54. The van der Waals surface area contributed by atoms with E-state index in [1.165, 1.54) is 36.4 Å². The highest BCUT2D eigenvalue weighted by Crippen LogP contribution is 2.25. The molecule has 1 N–H and O–H groups in total. The summed E-state index contributed by atoms with van der Waals surface area (Å²) >= 11 is 0. The van der Waals surface area contributed by atoms with Gasteiger partial charge in [-0.1, -0.05) is 6.07 Å². The zero-order chi connectivity index (χ0) is 18.0. The molecule has 0 unspecified atom stereocenters. The van der Waals surface area contributed by atoms with Gasteiger partial charge in [0.05, 0.1) is 4.90 Å². The summed E-state index contributed by atoms with van der Waals surface area (Å²) in [6.07, 6.45) is 3.21. The van der Waals surface area contributed by atoms with Crippen LogP contribution in [0.4, 0.5) is 15.8 Å². The molecular weight excluding hydrogens is 343 g/mol. The highest BCUT2D eigenvalue weighted by atomic mass is 32.2. The second-order valence-corrected chi connectivity index (χ2v) is 8.16. The largest absolute Gasteiger partial charge is 0.371 e. The van der Waals surface area contributed by atoms with Crippen LogP contribution in [0.15, 0.2) is 47.4 Å². The van der Waals surface area contributed by atoms with Gasteiger partial charge in [0, 0.05) is 36.3 Å². The van der Waals surface area contributed by atoms with Crippen LogP contribution in [0.25, 0.3) is 0 Å². The van der Waals surface area contributed by atoms with Crippen molar-refractivity contribution in [2.24, 2.45) is 0 Å². The Kier molecular flexibility index (Phi) is 4.76. The zero-order valence-corrected chi connectivity index (χ0v) is 14.6. The number of nitrogens with zero attached hydrogens (tertiary/aromatic N) is 1. The maximum absolute atomic E-state index is 13.9. The Labute approximate surface area is 146 Å². The highest BCUT2D eigenvalue weighted by molar-refractivity contribution is 7.90. The number of rotatable bonds is 4. The summed E-state index contributed by atoms with van der Waals surface area (Å²) in [5, 5.41) is 2.64. The first-order valence-corrected chi connectivity index (χ1v) is 9.89. The van der Waals surface area contributed by atoms with Crippen molar-refractivity contribution < 1.29 is 17.6 Å². The van der Waals surface area contributed by atoms with Gasteiger partial charge in [-0.2, -0.15) is 0 Å². The Balaban J connectivity index is 1.83. The molecule has 0 bridgehead atoms. The molecule has 0 spiro atoms. The maximum atomic E-state index is 13.9. The van der Waals surface area contributed by atoms with Crippen molar-refractivity contribution in [1.29, 1.82) is 0 Å². The summed E-state index contributed by atoms with van der Waals surface area (Å²) in [7, 11) is -3.40. The second kappa shape index (κ2) is 6.84. The lowest BCUT2D eigenvalue weighted by molar-refractivity contribution is 0.102. The smallest absolute Gasteiger partial charge is 0.255 e. The Bertz CT molecular complexity index is 906. The quantitative estimate of drug-likeness (QED) is 0.908. The first-order valence-electron chi connectivity index (χ1n) is 8.00. The molecule has 1 aliphatic heterocycles. The van der Waals surface area contributed by atoms with Crippen molar-refractivity contribution in [3.8, 4) is 0 Å². The van der Waals surface area contributed by atoms with Crippen molar-refractivity contribution in [3.05, 3.63) is 53.8 Å². The number of anilines is 2. The van der Waals surface area contributed by atoms with E-state index in [0.717, 1.165) is 37.9 Å². The predicted molar refractivity (Wildman–Crippen MR) is 95.4 cm³/mol. The van der Waals surface area contributed by atoms with Crippen LogP contribution in [0.1, 0.15) is 23.2 Å². The molecule has 132 valence electrons. The average molecular weight is 362 g/mol. The Morgan fingerprint density at radius 2 is 1.84 bits per heavy atom. The van der Waals surface area contributed by atoms with Crippen LogP contribution >= 0.6 is 0 Å². The van der Waals surface area contributed by atoms with E-state index in [9.17, 15) is 17.6 Å². The number of amides is 1. The van der Waals surface area contributed by atoms with Crippen LogP contribution in [0.5, 0.6) is 0 Å². The molecule has 0 saturated carbocycles. The summed E-state index contributed by atoms with van der Waals surface area (Å²) in [4.78, 5) is 14.5. The minimum Gasteiger partial charge on any atom is -0.371 e. The molecule has 0 radical (unpaired) electrons. The van der Waals surface area contributed by atoms with Crippen molar-refractivity contribution in [2.45, 2.75) is 17.7 Å². The fourth-order valence-electron chi connectivity index (χ4n) is 2.88. The third-order valence-electron chi connectivity index (χ3n) is 4.14. The van der Waals surface area contributed by atoms with Crippen LogP contribution in [-0.2, 0) is 9.84 Å². The zero-order valence-electron chi connectivity index (χ0n) is 13.8. The molecular formula is C18H19FN2O3S. The molecule has 3 rings (SSSR count). The molecule has 1 amide bonds. The summed E-state index contributed by atoms with van der Waals surface area (Å²) in [6.45, 7) is 1.74. The first-order chi connectivity index (χ1) is 11.8. The van der Waals surface area contributed by atoms with Gasteiger partial charge in [0.2, 0.25) is 0 Å². The molecule has 2 aromatic carbocycles. The fraction of sp³-hybridized carbons (Fsp3) is 0.278. The molecule has 1 heterocycles. The van der Waals surface area contributed by atoms with Crippen LogP contribution in [0.2, 0.25) is 0 Å². The molecule has 0 aliphatic carbocycles. The van der Waals surface area contributed by atoms with Crippen molar-refractivity contribution in [3.63, 3.8) is 0 Å². The van der Waals surface area contributed by atoms with Gasteiger partial charge in [-0.25, -0.2) is 12.8 Å². The number of carbonyl (C=O) groups is 1. The number of hydrogen-bond acceptors (Lipinski definition) is 4. The van der Waals surface area contributed by atoms with Crippen LogP contribution in [0, 0.1) is 5.82 Å². The predicted octanol–water partition coefficient (Wildman–Crippen LogP) is 3.08. The maximum Gasteiger partial charge on any atom is 0.255 e. The number of carbonyl (C=O) groups excluding carboxylic acids is 1. The molecule has 0 aromatic heterocycles. The van der Waals surface area contributed by atoms with E-state index in [1.807, 2.05) is 0 Å². The van der Waals surface area contributed by atoms with Gasteiger partial charge in [0.1, 0.15) is 5.82 Å². The average Bonchev–Trinajstić information content (AvgIpc) is 3.08. The number of benzene rings is 2. The van der Waals surface area contributed by atoms with Gasteiger partial charge in [-0.15, -0.1) is 0 Å². The van der Waals surface area contributed by atoms with Gasteiger partial charge in [0.15, 0.2) is 9.84 Å². The first kappa shape index (κ1) is 17.4. The molecule has 0 atom stereocenters. The Morgan fingerprint density at radius 3 is 2.52 bits per heavy atom. The lowest BCUT2D eigenvalue weighted by Gasteiger charge is -2.19. The molecule has 1 fully saturated rings. The minimum absolute atomic E-state index is 0.0668. The van der Waals surface area contributed by atoms with Crippen molar-refractivity contribution in [2.75, 3.05) is 29.6 Å². The van der Waals surface area contributed by atoms with Gasteiger partial charge in [0.25, 0.3) is 5.91 Å². The van der Waals surface area contributed by atoms with E-state index in [-0.39, 0.29) is 10.5 Å². The monoisotopic (exact) mass is 362 g/mol. The summed E-state index contributed by atoms with van der Waals surface area (Å²) < 4.78 is 37.1. The topological polar surface area (TPSA) is 66.5 Å². The molecule has 7 heteroatoms. The molecule has 25 heavy (non-hydrogen) atoms. The van der Waals surface area contributed by atoms with E-state index in [2.05, 4.69) is 10.2 Å². The van der Waals surface area contributed by atoms with E-state index in [1.54, 1.807) is 6.07 Å². The number of hydrogen-bond donors (Lipinski definition) is 1.